The molecule has 1 fully saturated rings. The van der Waals surface area contributed by atoms with Crippen LogP contribution < -0.4 is 5.73 Å². The largest absolute Gasteiger partial charge is 0.375 e. The van der Waals surface area contributed by atoms with Gasteiger partial charge in [0.05, 0.1) is 12.2 Å². The van der Waals surface area contributed by atoms with E-state index >= 15 is 0 Å². The lowest BCUT2D eigenvalue weighted by Crippen LogP contribution is -2.25. The van der Waals surface area contributed by atoms with Crippen LogP contribution >= 0.6 is 0 Å². The Morgan fingerprint density at radius 2 is 1.80 bits per heavy atom. The summed E-state index contributed by atoms with van der Waals surface area (Å²) >= 11 is 0. The molecule has 0 unspecified atom stereocenters. The molecule has 60 valence electrons. The Hall–Kier alpha value is -0.0800. The molecule has 1 aliphatic rings. The van der Waals surface area contributed by atoms with Crippen LogP contribution in [0.25, 0.3) is 0 Å². The van der Waals surface area contributed by atoms with E-state index in [2.05, 4.69) is 20.8 Å². The van der Waals surface area contributed by atoms with Gasteiger partial charge < -0.3 is 10.5 Å². The summed E-state index contributed by atoms with van der Waals surface area (Å²) < 4.78 is 5.60. The van der Waals surface area contributed by atoms with Crippen molar-refractivity contribution in [2.75, 3.05) is 6.54 Å². The van der Waals surface area contributed by atoms with Crippen LogP contribution in [0.4, 0.5) is 0 Å². The van der Waals surface area contributed by atoms with Crippen LogP contribution in [-0.2, 0) is 4.74 Å². The molecule has 0 spiro atoms. The van der Waals surface area contributed by atoms with E-state index in [1.165, 1.54) is 0 Å². The summed E-state index contributed by atoms with van der Waals surface area (Å²) in [6.45, 7) is 7.20. The average molecular weight is 143 g/mol. The second-order valence-corrected chi connectivity index (χ2v) is 3.30. The van der Waals surface area contributed by atoms with Gasteiger partial charge in [-0.1, -0.05) is 6.92 Å². The molecule has 0 aliphatic carbocycles. The molecule has 0 aromatic rings. The molecular weight excluding hydrogens is 126 g/mol. The van der Waals surface area contributed by atoms with E-state index in [-0.39, 0.29) is 0 Å². The first-order valence-electron chi connectivity index (χ1n) is 4.02. The van der Waals surface area contributed by atoms with Gasteiger partial charge in [-0.05, 0) is 26.3 Å². The fourth-order valence-corrected chi connectivity index (χ4v) is 1.75. The van der Waals surface area contributed by atoms with E-state index < -0.39 is 0 Å². The van der Waals surface area contributed by atoms with Crippen LogP contribution in [0.5, 0.6) is 0 Å². The Kier molecular flexibility index (Phi) is 2.32. The monoisotopic (exact) mass is 143 g/mol. The lowest BCUT2D eigenvalue weighted by Gasteiger charge is -2.14. The Morgan fingerprint density at radius 1 is 1.20 bits per heavy atom. The predicted octanol–water partition coefficient (Wildman–Crippen LogP) is 1.00. The van der Waals surface area contributed by atoms with Gasteiger partial charge in [-0.15, -0.1) is 0 Å². The van der Waals surface area contributed by atoms with Crippen molar-refractivity contribution in [1.82, 2.24) is 0 Å². The van der Waals surface area contributed by atoms with E-state index in [1.807, 2.05) is 0 Å². The summed E-state index contributed by atoms with van der Waals surface area (Å²) in [6.07, 6.45) is 0.749. The van der Waals surface area contributed by atoms with Gasteiger partial charge in [0.1, 0.15) is 0 Å². The van der Waals surface area contributed by atoms with Crippen molar-refractivity contribution in [3.8, 4) is 0 Å². The minimum absolute atomic E-state index is 0.356. The van der Waals surface area contributed by atoms with Crippen molar-refractivity contribution in [2.45, 2.75) is 33.0 Å². The Morgan fingerprint density at radius 3 is 2.00 bits per heavy atom. The maximum absolute atomic E-state index is 5.60. The molecule has 0 radical (unpaired) electrons. The third-order valence-corrected chi connectivity index (χ3v) is 2.72. The van der Waals surface area contributed by atoms with Gasteiger partial charge in [-0.25, -0.2) is 0 Å². The summed E-state index contributed by atoms with van der Waals surface area (Å²) in [4.78, 5) is 0. The Labute approximate surface area is 62.7 Å². The van der Waals surface area contributed by atoms with Gasteiger partial charge in [0.25, 0.3) is 0 Å². The van der Waals surface area contributed by atoms with Crippen molar-refractivity contribution in [2.24, 2.45) is 17.6 Å². The second-order valence-electron chi connectivity index (χ2n) is 3.30. The molecular formula is C8H17NO. The highest BCUT2D eigenvalue weighted by Gasteiger charge is 2.35. The van der Waals surface area contributed by atoms with E-state index in [1.54, 1.807) is 0 Å². The fourth-order valence-electron chi connectivity index (χ4n) is 1.75. The molecule has 0 aromatic carbocycles. The third kappa shape index (κ3) is 1.18. The van der Waals surface area contributed by atoms with Crippen LogP contribution in [0.3, 0.4) is 0 Å². The molecule has 10 heavy (non-hydrogen) atoms. The van der Waals surface area contributed by atoms with E-state index in [9.17, 15) is 0 Å². The van der Waals surface area contributed by atoms with E-state index in [0.717, 1.165) is 6.54 Å². The molecule has 2 nitrogen and oxygen atoms in total. The Balaban J connectivity index is 2.55. The Bertz CT molecular complexity index is 116. The highest BCUT2D eigenvalue weighted by Crippen LogP contribution is 2.30. The first-order chi connectivity index (χ1) is 4.66. The number of hydrogen-bond acceptors (Lipinski definition) is 2. The maximum Gasteiger partial charge on any atom is 0.0594 e. The number of rotatable bonds is 1. The summed E-state index contributed by atoms with van der Waals surface area (Å²) in [6, 6.07) is 0. The lowest BCUT2D eigenvalue weighted by atomic mass is 9.90. The average Bonchev–Trinajstić information content (AvgIpc) is 2.09. The standard InChI is InChI=1S/C8H17NO/c1-5-6(2)10-7(3)8(5)4-9/h5-8H,4,9H2,1-3H3/t5-,6-,7+,8-/m0/s1. The molecule has 0 saturated carbocycles. The van der Waals surface area contributed by atoms with Crippen molar-refractivity contribution in [1.29, 1.82) is 0 Å². The summed E-state index contributed by atoms with van der Waals surface area (Å²) in [7, 11) is 0. The van der Waals surface area contributed by atoms with Crippen LogP contribution in [0, 0.1) is 11.8 Å². The van der Waals surface area contributed by atoms with Gasteiger partial charge >= 0.3 is 0 Å². The molecule has 0 amide bonds. The second kappa shape index (κ2) is 2.89. The first-order valence-corrected chi connectivity index (χ1v) is 4.02. The molecule has 4 atom stereocenters. The molecule has 2 heteroatoms. The normalized spacial score (nSPS) is 48.0. The molecule has 1 rings (SSSR count). The zero-order valence-corrected chi connectivity index (χ0v) is 7.00. The highest BCUT2D eigenvalue weighted by molar-refractivity contribution is 4.83. The van der Waals surface area contributed by atoms with Gasteiger partial charge in [0, 0.05) is 5.92 Å². The topological polar surface area (TPSA) is 35.2 Å². The highest BCUT2D eigenvalue weighted by atomic mass is 16.5. The third-order valence-electron chi connectivity index (χ3n) is 2.72. The predicted molar refractivity (Wildman–Crippen MR) is 41.7 cm³/mol. The number of hydrogen-bond donors (Lipinski definition) is 1. The number of nitrogens with two attached hydrogens (primary N) is 1. The quantitative estimate of drug-likeness (QED) is 0.594. The zero-order chi connectivity index (χ0) is 7.72. The van der Waals surface area contributed by atoms with Crippen molar-refractivity contribution >= 4 is 0 Å². The van der Waals surface area contributed by atoms with Gasteiger partial charge in [-0.2, -0.15) is 0 Å². The molecule has 0 aromatic heterocycles. The number of ether oxygens (including phenoxy) is 1. The summed E-state index contributed by atoms with van der Waals surface area (Å²) in [5.74, 6) is 1.19. The van der Waals surface area contributed by atoms with Gasteiger partial charge in [-0.3, -0.25) is 0 Å². The van der Waals surface area contributed by atoms with Crippen molar-refractivity contribution in [3.63, 3.8) is 0 Å². The van der Waals surface area contributed by atoms with Gasteiger partial charge in [0.2, 0.25) is 0 Å². The molecule has 2 N–H and O–H groups in total. The summed E-state index contributed by atoms with van der Waals surface area (Å²) in [5.41, 5.74) is 5.60. The van der Waals surface area contributed by atoms with E-state index in [0.29, 0.717) is 24.0 Å². The molecule has 1 aliphatic heterocycles. The lowest BCUT2D eigenvalue weighted by molar-refractivity contribution is 0.0518. The van der Waals surface area contributed by atoms with Crippen molar-refractivity contribution in [3.05, 3.63) is 0 Å². The maximum atomic E-state index is 5.60. The molecule has 1 saturated heterocycles. The minimum atomic E-state index is 0.356. The van der Waals surface area contributed by atoms with Crippen molar-refractivity contribution < 1.29 is 4.74 Å². The minimum Gasteiger partial charge on any atom is -0.375 e. The smallest absolute Gasteiger partial charge is 0.0594 e. The van der Waals surface area contributed by atoms with Crippen LogP contribution in [-0.4, -0.2) is 18.8 Å². The van der Waals surface area contributed by atoms with Crippen LogP contribution in [0.2, 0.25) is 0 Å². The van der Waals surface area contributed by atoms with Crippen LogP contribution in [0.15, 0.2) is 0 Å². The zero-order valence-electron chi connectivity index (χ0n) is 7.00. The van der Waals surface area contributed by atoms with E-state index in [4.69, 9.17) is 10.5 Å². The van der Waals surface area contributed by atoms with Crippen LogP contribution in [0.1, 0.15) is 20.8 Å². The van der Waals surface area contributed by atoms with Gasteiger partial charge in [0.15, 0.2) is 0 Å². The SMILES string of the molecule is C[C@@H]1[C@H](CN)[C@@H](C)O[C@H]1C. The molecule has 0 bridgehead atoms. The molecule has 1 heterocycles. The first kappa shape index (κ1) is 8.02. The summed E-state index contributed by atoms with van der Waals surface area (Å²) in [5, 5.41) is 0. The fraction of sp³-hybridized carbons (Fsp3) is 1.00.